The van der Waals surface area contributed by atoms with E-state index in [4.69, 9.17) is 4.98 Å². The topological polar surface area (TPSA) is 36.4 Å². The van der Waals surface area contributed by atoms with E-state index >= 15 is 0 Å². The SMILES string of the molecule is CC(CC(=O)N1C2CC3CC(C2)CN1C3)c1nc2ccccc2s1. The Hall–Kier alpha value is -1.46. The van der Waals surface area contributed by atoms with Crippen LogP contribution in [0.15, 0.2) is 24.3 Å². The van der Waals surface area contributed by atoms with Crippen molar-refractivity contribution in [2.24, 2.45) is 11.8 Å². The van der Waals surface area contributed by atoms with Gasteiger partial charge < -0.3 is 0 Å². The number of thiazole rings is 1. The molecule has 1 aromatic heterocycles. The summed E-state index contributed by atoms with van der Waals surface area (Å²) in [6, 6.07) is 8.70. The van der Waals surface area contributed by atoms with Crippen LogP contribution in [0.1, 0.15) is 43.5 Å². The third-order valence-corrected chi connectivity index (χ3v) is 7.20. The molecular formula is C19H23N3OS. The minimum absolute atomic E-state index is 0.188. The van der Waals surface area contributed by atoms with E-state index in [1.165, 1.54) is 24.0 Å². The van der Waals surface area contributed by atoms with Gasteiger partial charge in [0.15, 0.2) is 0 Å². The lowest BCUT2D eigenvalue weighted by molar-refractivity contribution is -0.197. The second-order valence-electron chi connectivity index (χ2n) is 7.83. The first-order valence-electron chi connectivity index (χ1n) is 9.10. The van der Waals surface area contributed by atoms with Crippen molar-refractivity contribution in [2.75, 3.05) is 13.1 Å². The van der Waals surface area contributed by atoms with Crippen LogP contribution in [-0.2, 0) is 4.79 Å². The molecule has 1 saturated carbocycles. The van der Waals surface area contributed by atoms with Crippen LogP contribution in [0.4, 0.5) is 0 Å². The Bertz CT molecular complexity index is 725. The number of carbonyl (C=O) groups excluding carboxylic acids is 1. The molecule has 126 valence electrons. The maximum atomic E-state index is 13.0. The van der Waals surface area contributed by atoms with Crippen molar-refractivity contribution in [1.82, 2.24) is 15.0 Å². The number of hydrogen-bond donors (Lipinski definition) is 0. The minimum Gasteiger partial charge on any atom is -0.273 e. The van der Waals surface area contributed by atoms with Gasteiger partial charge in [0.25, 0.3) is 0 Å². The zero-order valence-corrected chi connectivity index (χ0v) is 14.8. The van der Waals surface area contributed by atoms with Gasteiger partial charge in [0.05, 0.1) is 15.2 Å². The summed E-state index contributed by atoms with van der Waals surface area (Å²) in [6.07, 6.45) is 4.39. The fraction of sp³-hybridized carbons (Fsp3) is 0.579. The number of hydrogen-bond acceptors (Lipinski definition) is 4. The fourth-order valence-corrected chi connectivity index (χ4v) is 6.03. The number of benzene rings is 1. The number of fused-ring (bicyclic) bond motifs is 1. The standard InChI is InChI=1S/C19H23N3OS/c1-12(19-20-16-4-2-3-5-17(16)24-19)6-18(23)22-15-8-13-7-14(9-15)11-21(22)10-13/h2-5,12-15H,6-11H2,1H3. The summed E-state index contributed by atoms with van der Waals surface area (Å²) in [6.45, 7) is 4.32. The molecule has 4 fully saturated rings. The average molecular weight is 341 g/mol. The molecule has 3 aliphatic heterocycles. The number of amides is 1. The van der Waals surface area contributed by atoms with Crippen LogP contribution in [0.5, 0.6) is 0 Å². The van der Waals surface area contributed by atoms with Crippen LogP contribution in [0.25, 0.3) is 10.2 Å². The van der Waals surface area contributed by atoms with Gasteiger partial charge in [-0.25, -0.2) is 9.99 Å². The summed E-state index contributed by atoms with van der Waals surface area (Å²) in [5, 5.41) is 5.56. The van der Waals surface area contributed by atoms with Crippen LogP contribution in [0.3, 0.4) is 0 Å². The second-order valence-corrected chi connectivity index (χ2v) is 8.89. The largest absolute Gasteiger partial charge is 0.273 e. The molecule has 1 amide bonds. The summed E-state index contributed by atoms with van der Waals surface area (Å²) >= 11 is 1.73. The lowest BCUT2D eigenvalue weighted by Gasteiger charge is -2.57. The molecule has 0 radical (unpaired) electrons. The predicted molar refractivity (Wildman–Crippen MR) is 95.7 cm³/mol. The molecule has 4 aliphatic rings. The summed E-state index contributed by atoms with van der Waals surface area (Å²) in [5.74, 6) is 2.14. The normalized spacial score (nSPS) is 32.5. The van der Waals surface area contributed by atoms with Gasteiger partial charge in [-0.3, -0.25) is 9.80 Å². The summed E-state index contributed by atoms with van der Waals surface area (Å²) in [7, 11) is 0. The van der Waals surface area contributed by atoms with E-state index < -0.39 is 0 Å². The molecule has 1 aliphatic carbocycles. The van der Waals surface area contributed by atoms with Gasteiger partial charge in [-0.05, 0) is 43.2 Å². The number of rotatable bonds is 3. The Kier molecular flexibility index (Phi) is 3.42. The highest BCUT2D eigenvalue weighted by Crippen LogP contribution is 2.43. The Balaban J connectivity index is 1.33. The number of hydrazine groups is 1. The van der Waals surface area contributed by atoms with Gasteiger partial charge in [0.2, 0.25) is 5.91 Å². The van der Waals surface area contributed by atoms with Crippen LogP contribution < -0.4 is 0 Å². The molecule has 4 nitrogen and oxygen atoms in total. The van der Waals surface area contributed by atoms with Gasteiger partial charge in [0.1, 0.15) is 0 Å². The maximum Gasteiger partial charge on any atom is 0.237 e. The maximum absolute atomic E-state index is 13.0. The molecule has 1 aromatic carbocycles. The highest BCUT2D eigenvalue weighted by Gasteiger charge is 2.47. The van der Waals surface area contributed by atoms with Crippen molar-refractivity contribution in [1.29, 1.82) is 0 Å². The van der Waals surface area contributed by atoms with E-state index in [2.05, 4.69) is 29.1 Å². The van der Waals surface area contributed by atoms with E-state index in [1.807, 2.05) is 12.1 Å². The fourth-order valence-electron chi connectivity index (χ4n) is 5.01. The van der Waals surface area contributed by atoms with Crippen molar-refractivity contribution < 1.29 is 4.79 Å². The molecule has 0 N–H and O–H groups in total. The highest BCUT2D eigenvalue weighted by molar-refractivity contribution is 7.18. The monoisotopic (exact) mass is 341 g/mol. The van der Waals surface area contributed by atoms with Crippen molar-refractivity contribution in [3.8, 4) is 0 Å². The van der Waals surface area contributed by atoms with Gasteiger partial charge in [-0.15, -0.1) is 11.3 Å². The Morgan fingerprint density at radius 1 is 1.25 bits per heavy atom. The van der Waals surface area contributed by atoms with Crippen molar-refractivity contribution in [3.63, 3.8) is 0 Å². The summed E-state index contributed by atoms with van der Waals surface area (Å²) in [5.41, 5.74) is 1.05. The number of para-hydroxylation sites is 1. The zero-order chi connectivity index (χ0) is 16.3. The Labute approximate surface area is 146 Å². The number of piperidine rings is 1. The van der Waals surface area contributed by atoms with Gasteiger partial charge in [-0.2, -0.15) is 0 Å². The molecule has 3 saturated heterocycles. The number of carbonyl (C=O) groups is 1. The molecule has 24 heavy (non-hydrogen) atoms. The first-order valence-corrected chi connectivity index (χ1v) is 9.91. The van der Waals surface area contributed by atoms with Crippen LogP contribution in [-0.4, -0.2) is 40.0 Å². The summed E-state index contributed by atoms with van der Waals surface area (Å²) in [4.78, 5) is 17.7. The lowest BCUT2D eigenvalue weighted by Crippen LogP contribution is -2.66. The third-order valence-electron chi connectivity index (χ3n) is 5.93. The molecular weight excluding hydrogens is 318 g/mol. The quantitative estimate of drug-likeness (QED) is 0.855. The van der Waals surface area contributed by atoms with E-state index in [9.17, 15) is 4.79 Å². The molecule has 6 rings (SSSR count). The van der Waals surface area contributed by atoms with Crippen molar-refractivity contribution >= 4 is 27.5 Å². The van der Waals surface area contributed by atoms with E-state index in [0.29, 0.717) is 18.4 Å². The lowest BCUT2D eigenvalue weighted by atomic mass is 9.73. The first kappa shape index (κ1) is 14.8. The molecule has 4 bridgehead atoms. The molecule has 3 atom stereocenters. The Morgan fingerprint density at radius 2 is 2.00 bits per heavy atom. The molecule has 2 aromatic rings. The summed E-state index contributed by atoms with van der Waals surface area (Å²) < 4.78 is 1.21. The van der Waals surface area contributed by atoms with Crippen molar-refractivity contribution in [3.05, 3.63) is 29.3 Å². The first-order chi connectivity index (χ1) is 11.7. The predicted octanol–water partition coefficient (Wildman–Crippen LogP) is 3.65. The average Bonchev–Trinajstić information content (AvgIpc) is 2.98. The molecule has 0 spiro atoms. The van der Waals surface area contributed by atoms with Crippen molar-refractivity contribution in [2.45, 2.75) is 44.6 Å². The Morgan fingerprint density at radius 3 is 2.71 bits per heavy atom. The number of aromatic nitrogens is 1. The molecule has 3 unspecified atom stereocenters. The smallest absolute Gasteiger partial charge is 0.237 e. The second kappa shape index (κ2) is 5.53. The molecule has 4 heterocycles. The van der Waals surface area contributed by atoms with E-state index in [0.717, 1.165) is 35.4 Å². The third kappa shape index (κ3) is 2.37. The van der Waals surface area contributed by atoms with E-state index in [-0.39, 0.29) is 5.92 Å². The minimum atomic E-state index is 0.188. The van der Waals surface area contributed by atoms with Gasteiger partial charge >= 0.3 is 0 Å². The van der Waals surface area contributed by atoms with Crippen LogP contribution in [0.2, 0.25) is 0 Å². The number of nitrogens with zero attached hydrogens (tertiary/aromatic N) is 3. The highest BCUT2D eigenvalue weighted by atomic mass is 32.1. The van der Waals surface area contributed by atoms with E-state index in [1.54, 1.807) is 11.3 Å². The van der Waals surface area contributed by atoms with Gasteiger partial charge in [-0.1, -0.05) is 19.1 Å². The van der Waals surface area contributed by atoms with Gasteiger partial charge in [0, 0.05) is 31.5 Å². The zero-order valence-electron chi connectivity index (χ0n) is 14.0. The molecule has 5 heteroatoms. The van der Waals surface area contributed by atoms with Crippen LogP contribution >= 0.6 is 11.3 Å². The van der Waals surface area contributed by atoms with Crippen LogP contribution in [0, 0.1) is 11.8 Å².